The number of nitrogens with one attached hydrogen (secondary N) is 1. The van der Waals surface area contributed by atoms with Crippen molar-refractivity contribution in [2.75, 3.05) is 11.9 Å². The van der Waals surface area contributed by atoms with Crippen LogP contribution in [0.1, 0.15) is 24.5 Å². The maximum atomic E-state index is 11.5. The minimum atomic E-state index is -0.374. The van der Waals surface area contributed by atoms with E-state index in [2.05, 4.69) is 5.32 Å². The van der Waals surface area contributed by atoms with Crippen molar-refractivity contribution in [3.8, 4) is 0 Å². The number of benzene rings is 1. The minimum Gasteiger partial charge on any atom is -0.456 e. The lowest BCUT2D eigenvalue weighted by molar-refractivity contribution is -0.146. The quantitative estimate of drug-likeness (QED) is 0.814. The Morgan fingerprint density at radius 1 is 1.29 bits per heavy atom. The number of aryl methyl sites for hydroxylation is 2. The molecule has 4 nitrogen and oxygen atoms in total. The van der Waals surface area contributed by atoms with E-state index in [1.165, 1.54) is 0 Å². The van der Waals surface area contributed by atoms with Gasteiger partial charge in [0.05, 0.1) is 0 Å². The molecule has 0 aliphatic carbocycles. The van der Waals surface area contributed by atoms with E-state index in [0.717, 1.165) is 16.8 Å². The molecular formula is C13H17NO3. The summed E-state index contributed by atoms with van der Waals surface area (Å²) in [5.41, 5.74) is 2.87. The first-order valence-corrected chi connectivity index (χ1v) is 5.55. The number of hydrogen-bond donors (Lipinski definition) is 1. The topological polar surface area (TPSA) is 55.4 Å². The van der Waals surface area contributed by atoms with E-state index in [1.54, 1.807) is 6.92 Å². The van der Waals surface area contributed by atoms with Gasteiger partial charge in [0.25, 0.3) is 5.91 Å². The molecule has 0 heterocycles. The lowest BCUT2D eigenvalue weighted by atomic mass is 10.1. The summed E-state index contributed by atoms with van der Waals surface area (Å²) in [5, 5.41) is 2.70. The van der Waals surface area contributed by atoms with Crippen molar-refractivity contribution in [2.45, 2.75) is 27.2 Å². The van der Waals surface area contributed by atoms with Crippen molar-refractivity contribution in [3.05, 3.63) is 29.3 Å². The molecule has 0 atom stereocenters. The van der Waals surface area contributed by atoms with Crippen molar-refractivity contribution < 1.29 is 14.3 Å². The molecule has 0 aliphatic rings. The number of amides is 1. The summed E-state index contributed by atoms with van der Waals surface area (Å²) in [6, 6.07) is 5.73. The summed E-state index contributed by atoms with van der Waals surface area (Å²) >= 11 is 0. The second-order valence-electron chi connectivity index (χ2n) is 3.88. The van der Waals surface area contributed by atoms with Crippen LogP contribution in [0.15, 0.2) is 18.2 Å². The van der Waals surface area contributed by atoms with E-state index < -0.39 is 0 Å². The first kappa shape index (κ1) is 13.2. The van der Waals surface area contributed by atoms with Crippen LogP contribution in [0.3, 0.4) is 0 Å². The van der Waals surface area contributed by atoms with Gasteiger partial charge >= 0.3 is 5.97 Å². The number of hydrogen-bond acceptors (Lipinski definition) is 3. The van der Waals surface area contributed by atoms with Gasteiger partial charge < -0.3 is 10.1 Å². The Morgan fingerprint density at radius 3 is 2.59 bits per heavy atom. The van der Waals surface area contributed by atoms with Crippen LogP contribution in [0.5, 0.6) is 0 Å². The van der Waals surface area contributed by atoms with Crippen LogP contribution in [0.4, 0.5) is 5.69 Å². The maximum absolute atomic E-state index is 11.5. The first-order chi connectivity index (χ1) is 8.02. The normalized spacial score (nSPS) is 9.82. The second kappa shape index (κ2) is 6.03. The first-order valence-electron chi connectivity index (χ1n) is 5.55. The van der Waals surface area contributed by atoms with Crippen LogP contribution < -0.4 is 5.32 Å². The Labute approximate surface area is 101 Å². The van der Waals surface area contributed by atoms with Gasteiger partial charge in [-0.2, -0.15) is 0 Å². The largest absolute Gasteiger partial charge is 0.456 e. The maximum Gasteiger partial charge on any atom is 0.306 e. The highest BCUT2D eigenvalue weighted by molar-refractivity contribution is 5.93. The van der Waals surface area contributed by atoms with Gasteiger partial charge in [-0.05, 0) is 25.5 Å². The number of carbonyl (C=O) groups excluding carboxylic acids is 2. The molecule has 1 aromatic rings. The Morgan fingerprint density at radius 2 is 2.00 bits per heavy atom. The molecule has 0 fully saturated rings. The molecule has 0 saturated carbocycles. The molecule has 0 aliphatic heterocycles. The number of rotatable bonds is 4. The standard InChI is InChI=1S/C13H17NO3/c1-4-13(16)17-8-12(15)14-11-6-5-9(2)7-10(11)3/h5-7H,4,8H2,1-3H3,(H,14,15). The van der Waals surface area contributed by atoms with E-state index in [4.69, 9.17) is 4.74 Å². The van der Waals surface area contributed by atoms with Crippen LogP contribution in [-0.2, 0) is 14.3 Å². The summed E-state index contributed by atoms with van der Waals surface area (Å²) in [5.74, 6) is -0.695. The van der Waals surface area contributed by atoms with Gasteiger partial charge in [-0.1, -0.05) is 24.6 Å². The van der Waals surface area contributed by atoms with Crippen LogP contribution in [0, 0.1) is 13.8 Å². The number of carbonyl (C=O) groups is 2. The van der Waals surface area contributed by atoms with E-state index in [0.29, 0.717) is 0 Å². The van der Waals surface area contributed by atoms with Gasteiger partial charge in [-0.25, -0.2) is 0 Å². The fraction of sp³-hybridized carbons (Fsp3) is 0.385. The second-order valence-corrected chi connectivity index (χ2v) is 3.88. The molecule has 0 aromatic heterocycles. The fourth-order valence-electron chi connectivity index (χ4n) is 1.39. The molecule has 1 rings (SSSR count). The molecule has 92 valence electrons. The van der Waals surface area contributed by atoms with E-state index in [-0.39, 0.29) is 24.9 Å². The highest BCUT2D eigenvalue weighted by atomic mass is 16.5. The molecule has 0 saturated heterocycles. The zero-order chi connectivity index (χ0) is 12.8. The van der Waals surface area contributed by atoms with Crippen molar-refractivity contribution >= 4 is 17.6 Å². The van der Waals surface area contributed by atoms with Crippen molar-refractivity contribution in [1.29, 1.82) is 0 Å². The zero-order valence-electron chi connectivity index (χ0n) is 10.4. The summed E-state index contributed by atoms with van der Waals surface area (Å²) < 4.78 is 4.74. The monoisotopic (exact) mass is 235 g/mol. The number of ether oxygens (including phenoxy) is 1. The Bertz CT molecular complexity index is 427. The molecule has 4 heteroatoms. The lowest BCUT2D eigenvalue weighted by Gasteiger charge is -2.09. The molecule has 1 aromatic carbocycles. The average Bonchev–Trinajstić information content (AvgIpc) is 2.29. The summed E-state index contributed by atoms with van der Waals surface area (Å²) in [7, 11) is 0. The smallest absolute Gasteiger partial charge is 0.306 e. The highest BCUT2D eigenvalue weighted by Crippen LogP contribution is 2.15. The molecule has 0 spiro atoms. The Balaban J connectivity index is 2.53. The van der Waals surface area contributed by atoms with Crippen molar-refractivity contribution in [3.63, 3.8) is 0 Å². The number of anilines is 1. The third kappa shape index (κ3) is 4.26. The van der Waals surface area contributed by atoms with Gasteiger partial charge in [0.15, 0.2) is 6.61 Å². The Kier molecular flexibility index (Phi) is 4.69. The van der Waals surface area contributed by atoms with Gasteiger partial charge in [0, 0.05) is 12.1 Å². The van der Waals surface area contributed by atoms with Gasteiger partial charge in [-0.15, -0.1) is 0 Å². The lowest BCUT2D eigenvalue weighted by Crippen LogP contribution is -2.20. The molecule has 0 radical (unpaired) electrons. The summed E-state index contributed by atoms with van der Waals surface area (Å²) in [4.78, 5) is 22.4. The molecule has 1 amide bonds. The predicted molar refractivity (Wildman–Crippen MR) is 65.8 cm³/mol. The molecular weight excluding hydrogens is 218 g/mol. The molecule has 1 N–H and O–H groups in total. The van der Waals surface area contributed by atoms with Gasteiger partial charge in [-0.3, -0.25) is 9.59 Å². The van der Waals surface area contributed by atoms with Gasteiger partial charge in [0.2, 0.25) is 0 Å². The Hall–Kier alpha value is -1.84. The average molecular weight is 235 g/mol. The van der Waals surface area contributed by atoms with Gasteiger partial charge in [0.1, 0.15) is 0 Å². The summed E-state index contributed by atoms with van der Waals surface area (Å²) in [6.45, 7) is 5.35. The van der Waals surface area contributed by atoms with E-state index in [9.17, 15) is 9.59 Å². The van der Waals surface area contributed by atoms with E-state index >= 15 is 0 Å². The predicted octanol–water partition coefficient (Wildman–Crippen LogP) is 2.20. The minimum absolute atomic E-state index is 0.236. The molecule has 0 unspecified atom stereocenters. The third-order valence-electron chi connectivity index (χ3n) is 2.31. The zero-order valence-corrected chi connectivity index (χ0v) is 10.4. The fourth-order valence-corrected chi connectivity index (χ4v) is 1.39. The van der Waals surface area contributed by atoms with E-state index in [1.807, 2.05) is 32.0 Å². The highest BCUT2D eigenvalue weighted by Gasteiger charge is 2.07. The van der Waals surface area contributed by atoms with Crippen LogP contribution in [-0.4, -0.2) is 18.5 Å². The van der Waals surface area contributed by atoms with Crippen LogP contribution in [0.2, 0.25) is 0 Å². The van der Waals surface area contributed by atoms with Crippen molar-refractivity contribution in [2.24, 2.45) is 0 Å². The molecule has 17 heavy (non-hydrogen) atoms. The molecule has 0 bridgehead atoms. The number of esters is 1. The van der Waals surface area contributed by atoms with Crippen molar-refractivity contribution in [1.82, 2.24) is 0 Å². The van der Waals surface area contributed by atoms with Crippen LogP contribution in [0.25, 0.3) is 0 Å². The van der Waals surface area contributed by atoms with Crippen LogP contribution >= 0.6 is 0 Å². The SMILES string of the molecule is CCC(=O)OCC(=O)Nc1ccc(C)cc1C. The third-order valence-corrected chi connectivity index (χ3v) is 2.31. The summed E-state index contributed by atoms with van der Waals surface area (Å²) in [6.07, 6.45) is 0.275.